The van der Waals surface area contributed by atoms with Gasteiger partial charge in [-0.2, -0.15) is 17.0 Å². The lowest BCUT2D eigenvalue weighted by Gasteiger charge is -2.16. The number of nitrogens with zero attached hydrogens (tertiary/aromatic N) is 1. The van der Waals surface area contributed by atoms with Crippen LogP contribution < -0.4 is 10.0 Å². The van der Waals surface area contributed by atoms with Crippen molar-refractivity contribution in [3.05, 3.63) is 64.7 Å². The lowest BCUT2D eigenvalue weighted by Crippen LogP contribution is -2.31. The minimum atomic E-state index is -3.62. The molecule has 1 amide bonds. The summed E-state index contributed by atoms with van der Waals surface area (Å²) in [6, 6.07) is 15.0. The summed E-state index contributed by atoms with van der Waals surface area (Å²) < 4.78 is 27.6. The molecule has 0 aliphatic heterocycles. The summed E-state index contributed by atoms with van der Waals surface area (Å²) in [5.74, 6) is 1.23. The predicted molar refractivity (Wildman–Crippen MR) is 123 cm³/mol. The molecule has 0 heterocycles. The van der Waals surface area contributed by atoms with Crippen LogP contribution in [0, 0.1) is 11.3 Å². The number of nitrogens with one attached hydrogen (secondary N) is 2. The Hall–Kier alpha value is -2.34. The van der Waals surface area contributed by atoms with E-state index in [2.05, 4.69) is 16.1 Å². The molecule has 1 aliphatic carbocycles. The van der Waals surface area contributed by atoms with Gasteiger partial charge in [0.25, 0.3) is 0 Å². The summed E-state index contributed by atoms with van der Waals surface area (Å²) in [5, 5.41) is 11.9. The van der Waals surface area contributed by atoms with Crippen LogP contribution in [-0.4, -0.2) is 33.2 Å². The monoisotopic (exact) mass is 457 g/mol. The van der Waals surface area contributed by atoms with Gasteiger partial charge >= 0.3 is 0 Å². The van der Waals surface area contributed by atoms with Gasteiger partial charge in [0.1, 0.15) is 0 Å². The minimum absolute atomic E-state index is 0.0634. The van der Waals surface area contributed by atoms with Gasteiger partial charge in [-0.25, -0.2) is 13.1 Å². The molecule has 0 fully saturated rings. The standard InChI is InChI=1S/C23H27N3O3S2/c24-16-20-7-3-4-8-21(20)17-30-14-13-25-23(27)11-12-26-31(28,29)22-10-9-18-5-1-2-6-19(18)15-22/h3-4,7-10,15,26H,1-2,5-6,11-14,17H2,(H,25,27). The van der Waals surface area contributed by atoms with Crippen LogP contribution in [0.1, 0.15) is 41.5 Å². The van der Waals surface area contributed by atoms with E-state index < -0.39 is 10.0 Å². The van der Waals surface area contributed by atoms with Crippen LogP contribution in [0.2, 0.25) is 0 Å². The second kappa shape index (κ2) is 11.3. The van der Waals surface area contributed by atoms with Gasteiger partial charge in [-0.05, 0) is 60.6 Å². The maximum absolute atomic E-state index is 12.5. The average molecular weight is 458 g/mol. The summed E-state index contributed by atoms with van der Waals surface area (Å²) in [4.78, 5) is 12.3. The zero-order valence-corrected chi connectivity index (χ0v) is 19.0. The summed E-state index contributed by atoms with van der Waals surface area (Å²) >= 11 is 1.64. The highest BCUT2D eigenvalue weighted by atomic mass is 32.2. The zero-order valence-electron chi connectivity index (χ0n) is 17.4. The smallest absolute Gasteiger partial charge is 0.240 e. The molecule has 0 saturated heterocycles. The number of benzene rings is 2. The molecule has 2 aromatic rings. The molecule has 0 saturated carbocycles. The van der Waals surface area contributed by atoms with Gasteiger partial charge < -0.3 is 5.32 Å². The Kier molecular flexibility index (Phi) is 8.52. The fourth-order valence-corrected chi connectivity index (χ4v) is 5.49. The number of sulfonamides is 1. The van der Waals surface area contributed by atoms with E-state index in [0.29, 0.717) is 23.6 Å². The van der Waals surface area contributed by atoms with Crippen molar-refractivity contribution in [3.8, 4) is 6.07 Å². The van der Waals surface area contributed by atoms with Crippen molar-refractivity contribution in [2.75, 3.05) is 18.8 Å². The number of carbonyl (C=O) groups excluding carboxylic acids is 1. The van der Waals surface area contributed by atoms with E-state index in [1.807, 2.05) is 24.3 Å². The Morgan fingerprint density at radius 2 is 1.84 bits per heavy atom. The first-order chi connectivity index (χ1) is 15.0. The van der Waals surface area contributed by atoms with Gasteiger partial charge in [0.15, 0.2) is 0 Å². The summed E-state index contributed by atoms with van der Waals surface area (Å²) in [7, 11) is -3.62. The van der Waals surface area contributed by atoms with Crippen molar-refractivity contribution in [1.82, 2.24) is 10.0 Å². The Labute approximate surface area is 188 Å². The molecule has 0 unspecified atom stereocenters. The lowest BCUT2D eigenvalue weighted by atomic mass is 9.92. The Balaban J connectivity index is 1.35. The number of aryl methyl sites for hydroxylation is 2. The van der Waals surface area contributed by atoms with Crippen LogP contribution in [0.5, 0.6) is 0 Å². The van der Waals surface area contributed by atoms with Crippen LogP contribution in [0.15, 0.2) is 47.4 Å². The lowest BCUT2D eigenvalue weighted by molar-refractivity contribution is -0.120. The maximum atomic E-state index is 12.5. The van der Waals surface area contributed by atoms with Crippen LogP contribution in [0.3, 0.4) is 0 Å². The Morgan fingerprint density at radius 3 is 2.65 bits per heavy atom. The highest BCUT2D eigenvalue weighted by Crippen LogP contribution is 2.24. The molecule has 8 heteroatoms. The third kappa shape index (κ3) is 6.82. The first kappa shape index (κ1) is 23.3. The van der Waals surface area contributed by atoms with E-state index in [9.17, 15) is 13.2 Å². The molecule has 2 N–H and O–H groups in total. The van der Waals surface area contributed by atoms with Gasteiger partial charge in [0.2, 0.25) is 15.9 Å². The highest BCUT2D eigenvalue weighted by Gasteiger charge is 2.17. The quantitative estimate of drug-likeness (QED) is 0.534. The fourth-order valence-electron chi connectivity index (χ4n) is 3.55. The first-order valence-corrected chi connectivity index (χ1v) is 13.1. The molecule has 3 rings (SSSR count). The van der Waals surface area contributed by atoms with Crippen molar-refractivity contribution < 1.29 is 13.2 Å². The van der Waals surface area contributed by atoms with Gasteiger partial charge in [-0.3, -0.25) is 4.79 Å². The van der Waals surface area contributed by atoms with Crippen molar-refractivity contribution in [2.24, 2.45) is 0 Å². The molecule has 0 bridgehead atoms. The van der Waals surface area contributed by atoms with Gasteiger partial charge in [0.05, 0.1) is 16.5 Å². The van der Waals surface area contributed by atoms with E-state index in [1.165, 1.54) is 5.56 Å². The molecule has 0 spiro atoms. The molecule has 0 atom stereocenters. The SMILES string of the molecule is N#Cc1ccccc1CSCCNC(=O)CCNS(=O)(=O)c1ccc2c(c1)CCCC2. The third-order valence-corrected chi connectivity index (χ3v) is 7.70. The van der Waals surface area contributed by atoms with Crippen LogP contribution in [-0.2, 0) is 33.4 Å². The van der Waals surface area contributed by atoms with E-state index in [1.54, 1.807) is 30.0 Å². The van der Waals surface area contributed by atoms with Crippen LogP contribution in [0.4, 0.5) is 0 Å². The molecule has 2 aromatic carbocycles. The van der Waals surface area contributed by atoms with Crippen LogP contribution >= 0.6 is 11.8 Å². The maximum Gasteiger partial charge on any atom is 0.240 e. The van der Waals surface area contributed by atoms with Gasteiger partial charge in [-0.15, -0.1) is 0 Å². The number of rotatable bonds is 10. The van der Waals surface area contributed by atoms with E-state index in [0.717, 1.165) is 36.8 Å². The minimum Gasteiger partial charge on any atom is -0.355 e. The molecule has 0 radical (unpaired) electrons. The Morgan fingerprint density at radius 1 is 1.06 bits per heavy atom. The van der Waals surface area contributed by atoms with Crippen molar-refractivity contribution in [3.63, 3.8) is 0 Å². The summed E-state index contributed by atoms with van der Waals surface area (Å²) in [6.07, 6.45) is 4.25. The van der Waals surface area contributed by atoms with Gasteiger partial charge in [-0.1, -0.05) is 24.3 Å². The van der Waals surface area contributed by atoms with E-state index >= 15 is 0 Å². The summed E-state index contributed by atoms with van der Waals surface area (Å²) in [5.41, 5.74) is 4.00. The van der Waals surface area contributed by atoms with Crippen molar-refractivity contribution >= 4 is 27.7 Å². The van der Waals surface area contributed by atoms with Crippen molar-refractivity contribution in [2.45, 2.75) is 42.8 Å². The average Bonchev–Trinajstić information content (AvgIpc) is 2.78. The second-order valence-corrected chi connectivity index (χ2v) is 10.3. The topological polar surface area (TPSA) is 99.1 Å². The largest absolute Gasteiger partial charge is 0.355 e. The molecule has 164 valence electrons. The van der Waals surface area contributed by atoms with Gasteiger partial charge in [0, 0.05) is 31.0 Å². The number of thioether (sulfide) groups is 1. The predicted octanol–water partition coefficient (Wildman–Crippen LogP) is 3.16. The van der Waals surface area contributed by atoms with Crippen molar-refractivity contribution in [1.29, 1.82) is 5.26 Å². The highest BCUT2D eigenvalue weighted by molar-refractivity contribution is 7.98. The second-order valence-electron chi connectivity index (χ2n) is 7.46. The third-order valence-electron chi connectivity index (χ3n) is 5.24. The van der Waals surface area contributed by atoms with E-state index in [-0.39, 0.29) is 23.8 Å². The molecule has 31 heavy (non-hydrogen) atoms. The zero-order chi connectivity index (χ0) is 22.1. The number of hydrogen-bond donors (Lipinski definition) is 2. The first-order valence-electron chi connectivity index (χ1n) is 10.4. The molecule has 0 aromatic heterocycles. The molecule has 1 aliphatic rings. The van der Waals surface area contributed by atoms with E-state index in [4.69, 9.17) is 5.26 Å². The molecular weight excluding hydrogens is 430 g/mol. The molecule has 6 nitrogen and oxygen atoms in total. The number of amides is 1. The number of fused-ring (bicyclic) bond motifs is 1. The fraction of sp³-hybridized carbons (Fsp3) is 0.391. The number of hydrogen-bond acceptors (Lipinski definition) is 5. The Bertz CT molecular complexity index is 1060. The number of carbonyl (C=O) groups is 1. The molecular formula is C23H27N3O3S2. The van der Waals surface area contributed by atoms with Crippen LogP contribution in [0.25, 0.3) is 0 Å². The number of nitriles is 1. The summed E-state index contributed by atoms with van der Waals surface area (Å²) in [6.45, 7) is 0.559. The normalized spacial score (nSPS) is 13.3.